The monoisotopic (exact) mass is 175 g/mol. The Balaban J connectivity index is 2.93. The fraction of sp³-hybridized carbons (Fsp3) is 0.273. The van der Waals surface area contributed by atoms with E-state index in [0.717, 1.165) is 5.57 Å². The highest BCUT2D eigenvalue weighted by molar-refractivity contribution is 6.70. The van der Waals surface area contributed by atoms with E-state index in [-0.39, 0.29) is 8.80 Å². The van der Waals surface area contributed by atoms with Crippen LogP contribution in [-0.2, 0) is 0 Å². The first-order valence-corrected chi connectivity index (χ1v) is 6.67. The minimum atomic E-state index is -0.284. The lowest BCUT2D eigenvalue weighted by Gasteiger charge is -2.04. The molecule has 1 aromatic carbocycles. The van der Waals surface area contributed by atoms with Crippen LogP contribution < -0.4 is 5.19 Å². The van der Waals surface area contributed by atoms with Crippen molar-refractivity contribution in [2.75, 3.05) is 0 Å². The molecule has 0 amide bonds. The lowest BCUT2D eigenvalue weighted by Crippen LogP contribution is -2.21. The molecule has 0 N–H and O–H groups in total. The van der Waals surface area contributed by atoms with Crippen molar-refractivity contribution >= 4 is 19.6 Å². The third-order valence-corrected chi connectivity index (χ3v) is 3.44. The van der Waals surface area contributed by atoms with Crippen LogP contribution in [0.5, 0.6) is 0 Å². The van der Waals surface area contributed by atoms with Crippen LogP contribution in [0.2, 0.25) is 13.1 Å². The van der Waals surface area contributed by atoms with Gasteiger partial charge in [-0.2, -0.15) is 0 Å². The lowest BCUT2D eigenvalue weighted by molar-refractivity contribution is 1.60. The summed E-state index contributed by atoms with van der Waals surface area (Å²) in [5.41, 5.74) is 2.39. The van der Waals surface area contributed by atoms with Crippen LogP contribution in [0.4, 0.5) is 0 Å². The van der Waals surface area contributed by atoms with Gasteiger partial charge in [-0.1, -0.05) is 54.7 Å². The number of rotatable bonds is 2. The summed E-state index contributed by atoms with van der Waals surface area (Å²) in [5.74, 6) is 0. The predicted octanol–water partition coefficient (Wildman–Crippen LogP) is 2.68. The molecule has 0 heterocycles. The van der Waals surface area contributed by atoms with Gasteiger partial charge in [0.1, 0.15) is 0 Å². The van der Waals surface area contributed by atoms with Crippen LogP contribution in [0.25, 0.3) is 5.57 Å². The van der Waals surface area contributed by atoms with E-state index in [1.807, 2.05) is 6.92 Å². The quantitative estimate of drug-likeness (QED) is 0.606. The van der Waals surface area contributed by atoms with Crippen LogP contribution in [0.3, 0.4) is 0 Å². The summed E-state index contributed by atoms with van der Waals surface area (Å²) in [6, 6.07) is 8.77. The smallest absolute Gasteiger partial charge is 0.0791 e. The van der Waals surface area contributed by atoms with Crippen molar-refractivity contribution in [3.05, 3.63) is 36.4 Å². The zero-order valence-electron chi connectivity index (χ0n) is 8.02. The van der Waals surface area contributed by atoms with Crippen molar-refractivity contribution in [2.45, 2.75) is 20.0 Å². The topological polar surface area (TPSA) is 0 Å². The molecule has 0 bridgehead atoms. The van der Waals surface area contributed by atoms with Gasteiger partial charge in [0.15, 0.2) is 0 Å². The van der Waals surface area contributed by atoms with Gasteiger partial charge >= 0.3 is 0 Å². The SMILES string of the molecule is C=C(C)c1ccc([Si](C)C)cc1. The Morgan fingerprint density at radius 3 is 2.00 bits per heavy atom. The normalized spacial score (nSPS) is 10.3. The number of hydrogen-bond donors (Lipinski definition) is 0. The zero-order valence-corrected chi connectivity index (χ0v) is 9.02. The summed E-state index contributed by atoms with van der Waals surface area (Å²) in [6.07, 6.45) is 0. The van der Waals surface area contributed by atoms with Crippen LogP contribution in [0.15, 0.2) is 30.8 Å². The van der Waals surface area contributed by atoms with E-state index in [4.69, 9.17) is 0 Å². The van der Waals surface area contributed by atoms with Crippen molar-refractivity contribution in [3.63, 3.8) is 0 Å². The molecule has 12 heavy (non-hydrogen) atoms. The minimum Gasteiger partial charge on any atom is -0.0955 e. The Bertz CT molecular complexity index is 270. The summed E-state index contributed by atoms with van der Waals surface area (Å²) < 4.78 is 0. The van der Waals surface area contributed by atoms with Gasteiger partial charge in [0.25, 0.3) is 0 Å². The third-order valence-electron chi connectivity index (χ3n) is 1.96. The Labute approximate surface area is 76.5 Å². The summed E-state index contributed by atoms with van der Waals surface area (Å²) in [5, 5.41) is 1.49. The fourth-order valence-corrected chi connectivity index (χ4v) is 1.92. The molecule has 0 aliphatic heterocycles. The highest BCUT2D eigenvalue weighted by Gasteiger charge is 1.99. The molecule has 63 valence electrons. The molecule has 1 heteroatoms. The number of hydrogen-bond acceptors (Lipinski definition) is 0. The summed E-state index contributed by atoms with van der Waals surface area (Å²) >= 11 is 0. The van der Waals surface area contributed by atoms with Gasteiger partial charge in [-0.15, -0.1) is 0 Å². The van der Waals surface area contributed by atoms with E-state index < -0.39 is 0 Å². The molecule has 0 fully saturated rings. The molecule has 0 atom stereocenters. The molecular weight excluding hydrogens is 160 g/mol. The van der Waals surface area contributed by atoms with E-state index >= 15 is 0 Å². The highest BCUT2D eigenvalue weighted by Crippen LogP contribution is 2.08. The Morgan fingerprint density at radius 2 is 1.67 bits per heavy atom. The van der Waals surface area contributed by atoms with E-state index in [1.54, 1.807) is 0 Å². The Kier molecular flexibility index (Phi) is 2.87. The van der Waals surface area contributed by atoms with Crippen LogP contribution in [-0.4, -0.2) is 8.80 Å². The van der Waals surface area contributed by atoms with Gasteiger partial charge in [0.05, 0.1) is 8.80 Å². The summed E-state index contributed by atoms with van der Waals surface area (Å²) in [6.45, 7) is 10.6. The van der Waals surface area contributed by atoms with Gasteiger partial charge in [-0.25, -0.2) is 0 Å². The molecule has 0 saturated carbocycles. The molecule has 0 aliphatic rings. The van der Waals surface area contributed by atoms with Crippen LogP contribution in [0, 0.1) is 0 Å². The highest BCUT2D eigenvalue weighted by atomic mass is 28.3. The minimum absolute atomic E-state index is 0.284. The number of benzene rings is 1. The molecule has 0 unspecified atom stereocenters. The lowest BCUT2D eigenvalue weighted by atomic mass is 10.1. The summed E-state index contributed by atoms with van der Waals surface area (Å²) in [4.78, 5) is 0. The first-order chi connectivity index (χ1) is 5.61. The van der Waals surface area contributed by atoms with Gasteiger partial charge in [0, 0.05) is 0 Å². The average molecular weight is 175 g/mol. The van der Waals surface area contributed by atoms with Crippen molar-refractivity contribution in [1.29, 1.82) is 0 Å². The summed E-state index contributed by atoms with van der Waals surface area (Å²) in [7, 11) is -0.284. The average Bonchev–Trinajstić information content (AvgIpc) is 2.04. The molecule has 0 aromatic heterocycles. The second-order valence-corrected chi connectivity index (χ2v) is 5.94. The molecule has 1 aromatic rings. The largest absolute Gasteiger partial charge is 0.0955 e. The van der Waals surface area contributed by atoms with Gasteiger partial charge < -0.3 is 0 Å². The van der Waals surface area contributed by atoms with Gasteiger partial charge in [0.2, 0.25) is 0 Å². The molecular formula is C11H15Si. The molecule has 0 aliphatic carbocycles. The Hall–Kier alpha value is -0.823. The maximum absolute atomic E-state index is 3.91. The second kappa shape index (κ2) is 3.72. The maximum Gasteiger partial charge on any atom is 0.0791 e. The van der Waals surface area contributed by atoms with Crippen molar-refractivity contribution in [3.8, 4) is 0 Å². The molecule has 0 nitrogen and oxygen atoms in total. The van der Waals surface area contributed by atoms with E-state index in [9.17, 15) is 0 Å². The predicted molar refractivity (Wildman–Crippen MR) is 58.3 cm³/mol. The van der Waals surface area contributed by atoms with E-state index in [0.29, 0.717) is 0 Å². The van der Waals surface area contributed by atoms with Crippen LogP contribution in [0.1, 0.15) is 12.5 Å². The first kappa shape index (κ1) is 9.27. The fourth-order valence-electron chi connectivity index (χ4n) is 1.09. The van der Waals surface area contributed by atoms with Crippen molar-refractivity contribution in [2.24, 2.45) is 0 Å². The van der Waals surface area contributed by atoms with Crippen LogP contribution >= 0.6 is 0 Å². The molecule has 1 rings (SSSR count). The third kappa shape index (κ3) is 2.08. The maximum atomic E-state index is 3.91. The van der Waals surface area contributed by atoms with Gasteiger partial charge in [-0.05, 0) is 12.5 Å². The molecule has 0 saturated heterocycles. The number of allylic oxidation sites excluding steroid dienone is 1. The molecule has 0 spiro atoms. The van der Waals surface area contributed by atoms with E-state index in [2.05, 4.69) is 43.9 Å². The van der Waals surface area contributed by atoms with Gasteiger partial charge in [-0.3, -0.25) is 0 Å². The standard InChI is InChI=1S/C11H15Si/c1-9(2)10-5-7-11(8-6-10)12(3)4/h5-8H,1H2,2-4H3. The first-order valence-electron chi connectivity index (χ1n) is 4.17. The Morgan fingerprint density at radius 1 is 1.17 bits per heavy atom. The van der Waals surface area contributed by atoms with Crippen molar-refractivity contribution < 1.29 is 0 Å². The second-order valence-electron chi connectivity index (χ2n) is 3.36. The van der Waals surface area contributed by atoms with Crippen molar-refractivity contribution in [1.82, 2.24) is 0 Å². The van der Waals surface area contributed by atoms with E-state index in [1.165, 1.54) is 10.8 Å². The molecule has 1 radical (unpaired) electrons. The zero-order chi connectivity index (χ0) is 9.14.